The molecule has 2 N–H and O–H groups in total. The minimum atomic E-state index is -4.75. The number of hydrogen-bond acceptors (Lipinski definition) is 1. The highest BCUT2D eigenvalue weighted by atomic mass is 79.9. The molecule has 0 atom stereocenters. The number of benzene rings is 1. The van der Waals surface area contributed by atoms with Gasteiger partial charge in [-0.25, -0.2) is 4.79 Å². The fourth-order valence-corrected chi connectivity index (χ4v) is 1.57. The second-order valence-corrected chi connectivity index (χ2v) is 4.53. The molecule has 0 aliphatic carbocycles. The maximum atomic E-state index is 12.7. The monoisotopic (exact) mass is 364 g/mol. The van der Waals surface area contributed by atoms with Crippen molar-refractivity contribution in [3.63, 3.8) is 0 Å². The van der Waals surface area contributed by atoms with Crippen molar-refractivity contribution in [3.05, 3.63) is 28.2 Å². The Bertz CT molecular complexity index is 500. The molecule has 0 spiro atoms. The van der Waals surface area contributed by atoms with Crippen LogP contribution in [0.2, 0.25) is 0 Å². The molecule has 0 heterocycles. The SMILES string of the molecule is O=C(NCC(F)(F)F)Nc1ccc(Br)cc1C(F)(F)F. The third-order valence-electron chi connectivity index (χ3n) is 1.98. The molecule has 20 heavy (non-hydrogen) atoms. The van der Waals surface area contributed by atoms with Gasteiger partial charge in [-0.3, -0.25) is 0 Å². The largest absolute Gasteiger partial charge is 0.418 e. The first kappa shape index (κ1) is 16.6. The number of anilines is 1. The summed E-state index contributed by atoms with van der Waals surface area (Å²) in [5, 5.41) is 3.14. The molecule has 1 aromatic rings. The number of urea groups is 1. The first-order valence-electron chi connectivity index (χ1n) is 4.97. The fourth-order valence-electron chi connectivity index (χ4n) is 1.21. The lowest BCUT2D eigenvalue weighted by Gasteiger charge is -2.15. The molecule has 0 radical (unpaired) electrons. The van der Waals surface area contributed by atoms with E-state index in [0.29, 0.717) is 6.07 Å². The van der Waals surface area contributed by atoms with Crippen LogP contribution in [-0.4, -0.2) is 18.8 Å². The zero-order chi connectivity index (χ0) is 15.6. The summed E-state index contributed by atoms with van der Waals surface area (Å²) in [6, 6.07) is 1.48. The van der Waals surface area contributed by atoms with Crippen molar-refractivity contribution >= 4 is 27.6 Å². The van der Waals surface area contributed by atoms with E-state index >= 15 is 0 Å². The Hall–Kier alpha value is -1.45. The topological polar surface area (TPSA) is 41.1 Å². The van der Waals surface area contributed by atoms with Gasteiger partial charge in [0.2, 0.25) is 0 Å². The molecule has 0 fully saturated rings. The molecule has 0 aliphatic heterocycles. The van der Waals surface area contributed by atoms with Gasteiger partial charge >= 0.3 is 18.4 Å². The Morgan fingerprint density at radius 3 is 2.25 bits per heavy atom. The van der Waals surface area contributed by atoms with E-state index in [4.69, 9.17) is 0 Å². The van der Waals surface area contributed by atoms with Crippen LogP contribution in [0.1, 0.15) is 5.56 Å². The third kappa shape index (κ3) is 5.27. The van der Waals surface area contributed by atoms with Gasteiger partial charge in [0, 0.05) is 4.47 Å². The summed E-state index contributed by atoms with van der Waals surface area (Å²) in [4.78, 5) is 11.1. The fraction of sp³-hybridized carbons (Fsp3) is 0.300. The van der Waals surface area contributed by atoms with Crippen molar-refractivity contribution in [2.45, 2.75) is 12.4 Å². The normalized spacial score (nSPS) is 12.2. The van der Waals surface area contributed by atoms with Crippen molar-refractivity contribution in [2.24, 2.45) is 0 Å². The molecule has 0 saturated heterocycles. The Kier molecular flexibility index (Phi) is 4.90. The summed E-state index contributed by atoms with van der Waals surface area (Å²) < 4.78 is 73.7. The van der Waals surface area contributed by atoms with Crippen LogP contribution in [0.15, 0.2) is 22.7 Å². The molecule has 3 nitrogen and oxygen atoms in total. The number of halogens is 7. The van der Waals surface area contributed by atoms with Crippen LogP contribution in [0.5, 0.6) is 0 Å². The number of carbonyl (C=O) groups is 1. The van der Waals surface area contributed by atoms with E-state index in [1.54, 1.807) is 5.32 Å². The second kappa shape index (κ2) is 5.90. The van der Waals surface area contributed by atoms with E-state index in [0.717, 1.165) is 6.07 Å². The number of alkyl halides is 6. The molecule has 0 saturated carbocycles. The van der Waals surface area contributed by atoms with E-state index in [-0.39, 0.29) is 4.47 Å². The number of nitrogens with one attached hydrogen (secondary N) is 2. The van der Waals surface area contributed by atoms with Gasteiger partial charge in [-0.2, -0.15) is 26.3 Å². The van der Waals surface area contributed by atoms with Crippen molar-refractivity contribution in [1.29, 1.82) is 0 Å². The third-order valence-corrected chi connectivity index (χ3v) is 2.48. The van der Waals surface area contributed by atoms with Crippen LogP contribution in [0.4, 0.5) is 36.8 Å². The van der Waals surface area contributed by atoms with Gasteiger partial charge in [0.1, 0.15) is 6.54 Å². The summed E-state index contributed by atoms with van der Waals surface area (Å²) in [5.74, 6) is 0. The molecule has 112 valence electrons. The van der Waals surface area contributed by atoms with E-state index < -0.39 is 36.2 Å². The smallest absolute Gasteiger partial charge is 0.329 e. The molecular weight excluding hydrogens is 358 g/mol. The average Bonchev–Trinajstić information content (AvgIpc) is 2.26. The van der Waals surface area contributed by atoms with Gasteiger partial charge < -0.3 is 10.6 Å². The first-order valence-corrected chi connectivity index (χ1v) is 5.77. The van der Waals surface area contributed by atoms with Crippen LogP contribution >= 0.6 is 15.9 Å². The first-order chi connectivity index (χ1) is 8.99. The maximum absolute atomic E-state index is 12.7. The van der Waals surface area contributed by atoms with E-state index in [1.807, 2.05) is 0 Å². The second-order valence-electron chi connectivity index (χ2n) is 3.61. The lowest BCUT2D eigenvalue weighted by molar-refractivity contribution is -0.137. The average molecular weight is 365 g/mol. The molecule has 0 aliphatic rings. The number of carbonyl (C=O) groups excluding carboxylic acids is 1. The van der Waals surface area contributed by atoms with Crippen LogP contribution < -0.4 is 10.6 Å². The Morgan fingerprint density at radius 1 is 1.15 bits per heavy atom. The van der Waals surface area contributed by atoms with E-state index in [2.05, 4.69) is 15.9 Å². The van der Waals surface area contributed by atoms with Crippen LogP contribution in [0.3, 0.4) is 0 Å². The standard InChI is InChI=1S/C10H7BrF6N2O/c11-5-1-2-7(6(3-5)10(15,16)17)19-8(20)18-4-9(12,13)14/h1-3H,4H2,(H2,18,19,20). The molecule has 10 heteroatoms. The predicted molar refractivity (Wildman–Crippen MR) is 62.2 cm³/mol. The zero-order valence-corrected chi connectivity index (χ0v) is 11.1. The summed E-state index contributed by atoms with van der Waals surface area (Å²) in [7, 11) is 0. The van der Waals surface area contributed by atoms with Gasteiger partial charge in [-0.15, -0.1) is 0 Å². The summed E-state index contributed by atoms with van der Waals surface area (Å²) in [6.45, 7) is -1.64. The van der Waals surface area contributed by atoms with Crippen molar-refractivity contribution in [2.75, 3.05) is 11.9 Å². The summed E-state index contributed by atoms with van der Waals surface area (Å²) in [6.07, 6.45) is -9.40. The minimum Gasteiger partial charge on any atom is -0.329 e. The van der Waals surface area contributed by atoms with Gasteiger partial charge in [-0.1, -0.05) is 15.9 Å². The maximum Gasteiger partial charge on any atom is 0.418 e. The highest BCUT2D eigenvalue weighted by Gasteiger charge is 2.34. The summed E-state index contributed by atoms with van der Waals surface area (Å²) in [5.41, 5.74) is -1.81. The lowest BCUT2D eigenvalue weighted by Crippen LogP contribution is -2.37. The van der Waals surface area contributed by atoms with Gasteiger partial charge in [0.25, 0.3) is 0 Å². The Balaban J connectivity index is 2.85. The zero-order valence-electron chi connectivity index (χ0n) is 9.49. The van der Waals surface area contributed by atoms with Gasteiger partial charge in [0.15, 0.2) is 0 Å². The van der Waals surface area contributed by atoms with Crippen LogP contribution in [-0.2, 0) is 6.18 Å². The molecule has 2 amide bonds. The van der Waals surface area contributed by atoms with Gasteiger partial charge in [0.05, 0.1) is 11.3 Å². The molecule has 0 bridgehead atoms. The summed E-state index contributed by atoms with van der Waals surface area (Å²) >= 11 is 2.83. The van der Waals surface area contributed by atoms with Crippen molar-refractivity contribution in [1.82, 2.24) is 5.32 Å². The number of rotatable bonds is 2. The quantitative estimate of drug-likeness (QED) is 0.760. The molecule has 0 aromatic heterocycles. The predicted octanol–water partition coefficient (Wildman–Crippen LogP) is 4.15. The van der Waals surface area contributed by atoms with E-state index in [1.165, 1.54) is 11.4 Å². The van der Waals surface area contributed by atoms with Crippen molar-refractivity contribution < 1.29 is 31.1 Å². The van der Waals surface area contributed by atoms with Crippen LogP contribution in [0.25, 0.3) is 0 Å². The molecule has 1 aromatic carbocycles. The van der Waals surface area contributed by atoms with E-state index in [9.17, 15) is 31.1 Å². The number of hydrogen-bond donors (Lipinski definition) is 2. The van der Waals surface area contributed by atoms with Gasteiger partial charge in [-0.05, 0) is 18.2 Å². The van der Waals surface area contributed by atoms with Crippen molar-refractivity contribution in [3.8, 4) is 0 Å². The van der Waals surface area contributed by atoms with Crippen LogP contribution in [0, 0.1) is 0 Å². The lowest BCUT2D eigenvalue weighted by atomic mass is 10.1. The Labute approximate surface area is 117 Å². The molecule has 0 unspecified atom stereocenters. The Morgan fingerprint density at radius 2 is 1.75 bits per heavy atom. The highest BCUT2D eigenvalue weighted by molar-refractivity contribution is 9.10. The molecule has 1 rings (SSSR count). The number of amides is 2. The minimum absolute atomic E-state index is 0.117. The molecular formula is C10H7BrF6N2O. The highest BCUT2D eigenvalue weighted by Crippen LogP contribution is 2.36.